The number of fused-ring (bicyclic) bond motifs is 1. The third kappa shape index (κ3) is 2.47. The van der Waals surface area contributed by atoms with Crippen molar-refractivity contribution in [2.45, 2.75) is 37.3 Å². The maximum atomic E-state index is 13.3. The zero-order chi connectivity index (χ0) is 13.5. The van der Waals surface area contributed by atoms with Crippen LogP contribution in [-0.4, -0.2) is 30.6 Å². The van der Waals surface area contributed by atoms with Crippen LogP contribution in [0.3, 0.4) is 0 Å². The Kier molecular flexibility index (Phi) is 3.23. The van der Waals surface area contributed by atoms with Crippen LogP contribution >= 0.6 is 0 Å². The molecule has 1 aromatic carbocycles. The molecule has 4 heteroatoms. The van der Waals surface area contributed by atoms with Gasteiger partial charge in [-0.05, 0) is 51.1 Å². The number of halogens is 1. The van der Waals surface area contributed by atoms with Crippen LogP contribution in [0.5, 0.6) is 5.75 Å². The first-order chi connectivity index (χ1) is 9.08. The number of likely N-dealkylation sites (tertiary alicyclic amines) is 1. The Morgan fingerprint density at radius 2 is 2.21 bits per heavy atom. The lowest BCUT2D eigenvalue weighted by Crippen LogP contribution is -2.43. The zero-order valence-corrected chi connectivity index (χ0v) is 11.4. The molecular weight excluding hydrogens is 243 g/mol. The molecule has 2 aliphatic heterocycles. The molecule has 1 spiro atoms. The van der Waals surface area contributed by atoms with Crippen LogP contribution in [0.15, 0.2) is 18.2 Å². The molecule has 19 heavy (non-hydrogen) atoms. The summed E-state index contributed by atoms with van der Waals surface area (Å²) >= 11 is 0. The molecular formula is C15H21FN2O. The predicted octanol–water partition coefficient (Wildman–Crippen LogP) is 2.46. The van der Waals surface area contributed by atoms with E-state index in [0.717, 1.165) is 50.1 Å². The van der Waals surface area contributed by atoms with E-state index < -0.39 is 0 Å². The first-order valence-electron chi connectivity index (χ1n) is 7.01. The minimum Gasteiger partial charge on any atom is -0.487 e. The molecule has 1 aromatic rings. The van der Waals surface area contributed by atoms with Crippen molar-refractivity contribution in [2.24, 2.45) is 5.73 Å². The Bertz CT molecular complexity index is 479. The molecule has 3 nitrogen and oxygen atoms in total. The van der Waals surface area contributed by atoms with Crippen molar-refractivity contribution in [1.29, 1.82) is 0 Å². The Hall–Kier alpha value is -1.13. The molecule has 2 atom stereocenters. The molecule has 2 N–H and O–H groups in total. The Morgan fingerprint density at radius 1 is 1.37 bits per heavy atom. The summed E-state index contributed by atoms with van der Waals surface area (Å²) in [6.45, 7) is 2.14. The smallest absolute Gasteiger partial charge is 0.125 e. The molecule has 0 amide bonds. The molecule has 3 rings (SSSR count). The Morgan fingerprint density at radius 3 is 3.05 bits per heavy atom. The summed E-state index contributed by atoms with van der Waals surface area (Å²) in [5, 5.41) is 0. The largest absolute Gasteiger partial charge is 0.487 e. The highest BCUT2D eigenvalue weighted by molar-refractivity contribution is 5.39. The van der Waals surface area contributed by atoms with E-state index >= 15 is 0 Å². The number of nitrogens with two attached hydrogens (primary N) is 1. The highest BCUT2D eigenvalue weighted by Gasteiger charge is 2.40. The van der Waals surface area contributed by atoms with E-state index in [0.29, 0.717) is 0 Å². The number of rotatable bonds is 0. The van der Waals surface area contributed by atoms with Crippen LogP contribution in [0.1, 0.15) is 37.3 Å². The fraction of sp³-hybridized carbons (Fsp3) is 0.600. The predicted molar refractivity (Wildman–Crippen MR) is 72.7 cm³/mol. The molecule has 0 aliphatic carbocycles. The highest BCUT2D eigenvalue weighted by Crippen LogP contribution is 2.43. The third-order valence-electron chi connectivity index (χ3n) is 4.41. The van der Waals surface area contributed by atoms with Crippen molar-refractivity contribution < 1.29 is 9.13 Å². The number of benzene rings is 1. The van der Waals surface area contributed by atoms with Gasteiger partial charge in [0, 0.05) is 24.6 Å². The zero-order valence-electron chi connectivity index (χ0n) is 11.4. The fourth-order valence-electron chi connectivity index (χ4n) is 3.30. The summed E-state index contributed by atoms with van der Waals surface area (Å²) in [4.78, 5) is 2.34. The lowest BCUT2D eigenvalue weighted by Gasteiger charge is -2.41. The van der Waals surface area contributed by atoms with Crippen LogP contribution in [0.2, 0.25) is 0 Å². The van der Waals surface area contributed by atoms with Gasteiger partial charge >= 0.3 is 0 Å². The average molecular weight is 264 g/mol. The molecule has 1 fully saturated rings. The topological polar surface area (TPSA) is 38.5 Å². The molecule has 1 unspecified atom stereocenters. The van der Waals surface area contributed by atoms with E-state index in [-0.39, 0.29) is 17.5 Å². The highest BCUT2D eigenvalue weighted by atomic mass is 19.1. The van der Waals surface area contributed by atoms with E-state index in [1.54, 1.807) is 6.07 Å². The van der Waals surface area contributed by atoms with Crippen LogP contribution in [-0.2, 0) is 0 Å². The van der Waals surface area contributed by atoms with Crippen LogP contribution < -0.4 is 10.5 Å². The lowest BCUT2D eigenvalue weighted by molar-refractivity contribution is 0.0221. The van der Waals surface area contributed by atoms with Crippen LogP contribution in [0.25, 0.3) is 0 Å². The van der Waals surface area contributed by atoms with Crippen molar-refractivity contribution in [2.75, 3.05) is 20.1 Å². The van der Waals surface area contributed by atoms with Crippen LogP contribution in [0.4, 0.5) is 4.39 Å². The summed E-state index contributed by atoms with van der Waals surface area (Å²) < 4.78 is 19.5. The molecule has 104 valence electrons. The number of ether oxygens (including phenoxy) is 1. The van der Waals surface area contributed by atoms with Gasteiger partial charge in [-0.3, -0.25) is 0 Å². The first kappa shape index (κ1) is 12.9. The average Bonchev–Trinajstić information content (AvgIpc) is 2.54. The normalized spacial score (nSPS) is 31.6. The Labute approximate surface area is 113 Å². The fourth-order valence-corrected chi connectivity index (χ4v) is 3.30. The van der Waals surface area contributed by atoms with E-state index in [2.05, 4.69) is 11.9 Å². The summed E-state index contributed by atoms with van der Waals surface area (Å²) in [7, 11) is 2.14. The van der Waals surface area contributed by atoms with Gasteiger partial charge in [-0.25, -0.2) is 4.39 Å². The standard InChI is InChI=1S/C15H21FN2O/c1-18-7-2-5-15(6-8-18)10-13(17)12-9-11(16)3-4-14(12)19-15/h3-4,9,13H,2,5-8,10,17H2,1H3/t13-,15?/m1/s1. The summed E-state index contributed by atoms with van der Waals surface area (Å²) in [5.41, 5.74) is 6.90. The quantitative estimate of drug-likeness (QED) is 0.782. The van der Waals surface area contributed by atoms with Gasteiger partial charge in [0.15, 0.2) is 0 Å². The maximum absolute atomic E-state index is 13.3. The summed E-state index contributed by atoms with van der Waals surface area (Å²) in [6, 6.07) is 4.56. The van der Waals surface area contributed by atoms with Gasteiger partial charge in [-0.15, -0.1) is 0 Å². The molecule has 0 bridgehead atoms. The van der Waals surface area contributed by atoms with E-state index in [9.17, 15) is 4.39 Å². The number of hydrogen-bond donors (Lipinski definition) is 1. The van der Waals surface area contributed by atoms with Crippen molar-refractivity contribution >= 4 is 0 Å². The van der Waals surface area contributed by atoms with E-state index in [1.165, 1.54) is 12.1 Å². The number of nitrogens with zero attached hydrogens (tertiary/aromatic N) is 1. The second kappa shape index (κ2) is 4.76. The maximum Gasteiger partial charge on any atom is 0.125 e. The van der Waals surface area contributed by atoms with E-state index in [1.807, 2.05) is 0 Å². The van der Waals surface area contributed by atoms with Gasteiger partial charge in [0.2, 0.25) is 0 Å². The second-order valence-corrected chi connectivity index (χ2v) is 5.93. The molecule has 0 radical (unpaired) electrons. The van der Waals surface area contributed by atoms with Crippen molar-refractivity contribution in [3.63, 3.8) is 0 Å². The second-order valence-electron chi connectivity index (χ2n) is 5.93. The molecule has 1 saturated heterocycles. The van der Waals surface area contributed by atoms with Crippen molar-refractivity contribution in [3.8, 4) is 5.75 Å². The lowest BCUT2D eigenvalue weighted by atomic mass is 9.82. The SMILES string of the molecule is CN1CCCC2(CC1)C[C@@H](N)c1cc(F)ccc1O2. The van der Waals surface area contributed by atoms with Gasteiger partial charge in [0.05, 0.1) is 0 Å². The molecule has 2 heterocycles. The summed E-state index contributed by atoms with van der Waals surface area (Å²) in [5.74, 6) is 0.527. The van der Waals surface area contributed by atoms with Crippen molar-refractivity contribution in [1.82, 2.24) is 4.90 Å². The minimum atomic E-state index is -0.241. The van der Waals surface area contributed by atoms with Gasteiger partial charge in [0.1, 0.15) is 17.2 Å². The molecule has 2 aliphatic rings. The minimum absolute atomic E-state index is 0.122. The van der Waals surface area contributed by atoms with E-state index in [4.69, 9.17) is 10.5 Å². The third-order valence-corrected chi connectivity index (χ3v) is 4.41. The van der Waals surface area contributed by atoms with Gasteiger partial charge in [0.25, 0.3) is 0 Å². The van der Waals surface area contributed by atoms with Crippen molar-refractivity contribution in [3.05, 3.63) is 29.6 Å². The monoisotopic (exact) mass is 264 g/mol. The summed E-state index contributed by atoms with van der Waals surface area (Å²) in [6.07, 6.45) is 3.94. The molecule has 0 saturated carbocycles. The first-order valence-corrected chi connectivity index (χ1v) is 7.01. The number of hydrogen-bond acceptors (Lipinski definition) is 3. The van der Waals surface area contributed by atoms with Gasteiger partial charge in [-0.2, -0.15) is 0 Å². The van der Waals surface area contributed by atoms with Crippen LogP contribution in [0, 0.1) is 5.82 Å². The molecule has 0 aromatic heterocycles. The Balaban J connectivity index is 1.89. The van der Waals surface area contributed by atoms with Gasteiger partial charge in [-0.1, -0.05) is 0 Å². The van der Waals surface area contributed by atoms with Gasteiger partial charge < -0.3 is 15.4 Å².